The summed E-state index contributed by atoms with van der Waals surface area (Å²) in [5, 5.41) is 3.17. The van der Waals surface area contributed by atoms with Crippen molar-refractivity contribution in [3.05, 3.63) is 11.6 Å². The van der Waals surface area contributed by atoms with Gasteiger partial charge in [-0.25, -0.2) is 0 Å². The third-order valence-electron chi connectivity index (χ3n) is 4.96. The summed E-state index contributed by atoms with van der Waals surface area (Å²) >= 11 is 0. The Morgan fingerprint density at radius 2 is 1.42 bits per heavy atom. The highest BCUT2D eigenvalue weighted by Crippen LogP contribution is 2.36. The SMILES string of the molecule is CC(C)(C)[Si](C)(C)OCC(CC=C(C[Si](C)(C)C)C[Si](C)(C)C)NC=O. The van der Waals surface area contributed by atoms with Crippen LogP contribution >= 0.6 is 0 Å². The lowest BCUT2D eigenvalue weighted by molar-refractivity contribution is -0.110. The van der Waals surface area contributed by atoms with E-state index in [1.807, 2.05) is 0 Å². The Labute approximate surface area is 166 Å². The molecule has 0 fully saturated rings. The maximum Gasteiger partial charge on any atom is 0.207 e. The number of carbonyl (C=O) groups is 1. The van der Waals surface area contributed by atoms with Crippen molar-refractivity contribution >= 4 is 30.9 Å². The maximum absolute atomic E-state index is 11.1. The molecule has 0 bridgehead atoms. The topological polar surface area (TPSA) is 38.3 Å². The van der Waals surface area contributed by atoms with Crippen molar-refractivity contribution in [2.75, 3.05) is 6.61 Å². The van der Waals surface area contributed by atoms with Gasteiger partial charge in [0.05, 0.1) is 12.6 Å². The summed E-state index contributed by atoms with van der Waals surface area (Å²) in [4.78, 5) is 11.1. The first-order chi connectivity index (χ1) is 11.5. The normalized spacial score (nSPS) is 14.7. The van der Waals surface area contributed by atoms with Gasteiger partial charge >= 0.3 is 0 Å². The predicted octanol–water partition coefficient (Wildman–Crippen LogP) is 6.12. The molecule has 3 nitrogen and oxygen atoms in total. The highest BCUT2D eigenvalue weighted by Gasteiger charge is 2.37. The number of rotatable bonds is 11. The number of allylic oxidation sites excluding steroid dienone is 1. The van der Waals surface area contributed by atoms with Crippen LogP contribution in [0.2, 0.25) is 69.5 Å². The molecule has 0 rings (SSSR count). The minimum Gasteiger partial charge on any atom is -0.415 e. The summed E-state index contributed by atoms with van der Waals surface area (Å²) in [7, 11) is -4.08. The fourth-order valence-corrected chi connectivity index (χ4v) is 7.25. The molecule has 1 amide bonds. The first-order valence-electron chi connectivity index (χ1n) is 9.98. The van der Waals surface area contributed by atoms with Crippen LogP contribution in [0.1, 0.15) is 27.2 Å². The summed E-state index contributed by atoms with van der Waals surface area (Å²) < 4.78 is 6.35. The smallest absolute Gasteiger partial charge is 0.207 e. The molecule has 0 aromatic heterocycles. The summed E-state index contributed by atoms with van der Waals surface area (Å²) in [6, 6.07) is 2.59. The maximum atomic E-state index is 11.1. The fraction of sp³-hybridized carbons (Fsp3) is 0.850. The third kappa shape index (κ3) is 11.5. The number of hydrogen-bond acceptors (Lipinski definition) is 2. The second kappa shape index (κ2) is 9.85. The molecule has 26 heavy (non-hydrogen) atoms. The van der Waals surface area contributed by atoms with E-state index in [0.717, 1.165) is 12.8 Å². The minimum atomic E-state index is -1.79. The zero-order chi connectivity index (χ0) is 20.8. The Bertz CT molecular complexity index is 451. The quantitative estimate of drug-likeness (QED) is 0.251. The Morgan fingerprint density at radius 1 is 0.962 bits per heavy atom. The van der Waals surface area contributed by atoms with Gasteiger partial charge in [0.15, 0.2) is 8.32 Å². The summed E-state index contributed by atoms with van der Waals surface area (Å²) in [6.45, 7) is 26.5. The van der Waals surface area contributed by atoms with Crippen LogP contribution in [-0.2, 0) is 9.22 Å². The lowest BCUT2D eigenvalue weighted by atomic mass is 10.1. The van der Waals surface area contributed by atoms with E-state index in [0.29, 0.717) is 6.61 Å². The van der Waals surface area contributed by atoms with Crippen LogP contribution in [0.15, 0.2) is 11.6 Å². The second-order valence-corrected chi connectivity index (χ2v) is 27.4. The molecule has 1 atom stereocenters. The van der Waals surface area contributed by atoms with Gasteiger partial charge in [0.2, 0.25) is 6.41 Å². The first kappa shape index (κ1) is 25.8. The zero-order valence-electron chi connectivity index (χ0n) is 19.4. The molecule has 0 heterocycles. The van der Waals surface area contributed by atoms with Gasteiger partial charge in [-0.1, -0.05) is 71.7 Å². The van der Waals surface area contributed by atoms with Crippen molar-refractivity contribution in [3.8, 4) is 0 Å². The molecule has 0 aromatic carbocycles. The summed E-state index contributed by atoms with van der Waals surface area (Å²) in [6.07, 6.45) is 4.11. The molecule has 0 spiro atoms. The lowest BCUT2D eigenvalue weighted by Gasteiger charge is -2.37. The van der Waals surface area contributed by atoms with Crippen molar-refractivity contribution in [3.63, 3.8) is 0 Å². The lowest BCUT2D eigenvalue weighted by Crippen LogP contribution is -2.44. The molecule has 0 aliphatic rings. The van der Waals surface area contributed by atoms with E-state index < -0.39 is 24.5 Å². The van der Waals surface area contributed by atoms with Crippen LogP contribution in [0.4, 0.5) is 0 Å². The Morgan fingerprint density at radius 3 is 1.77 bits per heavy atom. The monoisotopic (exact) mass is 415 g/mol. The molecule has 0 saturated heterocycles. The Kier molecular flexibility index (Phi) is 9.78. The highest BCUT2D eigenvalue weighted by atomic mass is 28.4. The highest BCUT2D eigenvalue weighted by molar-refractivity contribution is 6.78. The van der Waals surface area contributed by atoms with Gasteiger partial charge in [-0.05, 0) is 36.6 Å². The fourth-order valence-electron chi connectivity index (χ4n) is 2.68. The molecule has 1 N–H and O–H groups in total. The molecular weight excluding hydrogens is 370 g/mol. The predicted molar refractivity (Wildman–Crippen MR) is 125 cm³/mol. The van der Waals surface area contributed by atoms with Gasteiger partial charge in [-0.15, -0.1) is 0 Å². The van der Waals surface area contributed by atoms with Crippen LogP contribution in [0.25, 0.3) is 0 Å². The zero-order valence-corrected chi connectivity index (χ0v) is 22.4. The van der Waals surface area contributed by atoms with E-state index in [2.05, 4.69) is 84.5 Å². The van der Waals surface area contributed by atoms with E-state index in [-0.39, 0.29) is 11.1 Å². The summed E-state index contributed by atoms with van der Waals surface area (Å²) in [5.41, 5.74) is 1.60. The number of carbonyl (C=O) groups excluding carboxylic acids is 1. The molecule has 0 aromatic rings. The number of nitrogens with one attached hydrogen (secondary N) is 1. The molecule has 0 radical (unpaired) electrons. The van der Waals surface area contributed by atoms with Crippen LogP contribution in [0.5, 0.6) is 0 Å². The molecule has 6 heteroatoms. The van der Waals surface area contributed by atoms with Crippen LogP contribution in [-0.4, -0.2) is 43.5 Å². The van der Waals surface area contributed by atoms with Gasteiger partial charge in [0.25, 0.3) is 0 Å². The largest absolute Gasteiger partial charge is 0.415 e. The van der Waals surface area contributed by atoms with Crippen molar-refractivity contribution in [1.29, 1.82) is 0 Å². The average Bonchev–Trinajstić information content (AvgIpc) is 2.36. The van der Waals surface area contributed by atoms with E-state index in [9.17, 15) is 4.79 Å². The standard InChI is InChI=1S/C20H45NO2Si3/c1-20(2,3)26(10,11)23-14-19(21-17-22)13-12-18(15-24(4,5)6)16-25(7,8)9/h12,17,19H,13-16H2,1-11H3,(H,21,22). The van der Waals surface area contributed by atoms with E-state index in [1.54, 1.807) is 5.57 Å². The van der Waals surface area contributed by atoms with Crippen molar-refractivity contribution in [2.45, 2.75) is 103 Å². The number of amides is 1. The molecule has 0 saturated carbocycles. The van der Waals surface area contributed by atoms with E-state index in [4.69, 9.17) is 4.43 Å². The average molecular weight is 416 g/mol. The van der Waals surface area contributed by atoms with E-state index in [1.165, 1.54) is 12.1 Å². The van der Waals surface area contributed by atoms with Gasteiger partial charge in [-0.2, -0.15) is 0 Å². The van der Waals surface area contributed by atoms with Gasteiger partial charge < -0.3 is 9.74 Å². The van der Waals surface area contributed by atoms with Crippen LogP contribution in [0, 0.1) is 0 Å². The first-order valence-corrected chi connectivity index (χ1v) is 20.3. The third-order valence-corrected chi connectivity index (χ3v) is 12.5. The van der Waals surface area contributed by atoms with E-state index >= 15 is 0 Å². The minimum absolute atomic E-state index is 0.0693. The molecule has 0 aliphatic heterocycles. The van der Waals surface area contributed by atoms with Crippen LogP contribution < -0.4 is 5.32 Å². The van der Waals surface area contributed by atoms with Crippen LogP contribution in [0.3, 0.4) is 0 Å². The molecule has 0 aliphatic carbocycles. The Balaban J connectivity index is 5.12. The number of hydrogen-bond donors (Lipinski definition) is 1. The van der Waals surface area contributed by atoms with Gasteiger partial charge in [0, 0.05) is 16.1 Å². The molecular formula is C20H45NO2Si3. The van der Waals surface area contributed by atoms with Crippen molar-refractivity contribution in [1.82, 2.24) is 5.32 Å². The van der Waals surface area contributed by atoms with Crippen molar-refractivity contribution < 1.29 is 9.22 Å². The van der Waals surface area contributed by atoms with Gasteiger partial charge in [-0.3, -0.25) is 4.79 Å². The van der Waals surface area contributed by atoms with Crippen molar-refractivity contribution in [2.24, 2.45) is 0 Å². The Hall–Kier alpha value is -0.179. The summed E-state index contributed by atoms with van der Waals surface area (Å²) in [5.74, 6) is 0. The second-order valence-electron chi connectivity index (χ2n) is 11.6. The van der Waals surface area contributed by atoms with Gasteiger partial charge in [0.1, 0.15) is 0 Å². The molecule has 154 valence electrons. The molecule has 1 unspecified atom stereocenters.